The summed E-state index contributed by atoms with van der Waals surface area (Å²) in [6.45, 7) is 5.55. The lowest BCUT2D eigenvalue weighted by Crippen LogP contribution is -2.38. The van der Waals surface area contributed by atoms with E-state index in [1.54, 1.807) is 17.4 Å². The molecule has 0 spiro atoms. The first-order valence-corrected chi connectivity index (χ1v) is 8.16. The molecule has 0 N–H and O–H groups in total. The van der Waals surface area contributed by atoms with Crippen LogP contribution in [0.15, 0.2) is 16.8 Å². The van der Waals surface area contributed by atoms with E-state index < -0.39 is 0 Å². The minimum Gasteiger partial charge on any atom is -0.351 e. The molecule has 1 aliphatic rings. The third kappa shape index (κ3) is 3.00. The van der Waals surface area contributed by atoms with Crippen LogP contribution in [0.2, 0.25) is 0 Å². The van der Waals surface area contributed by atoms with E-state index in [1.165, 1.54) is 4.88 Å². The fourth-order valence-corrected chi connectivity index (χ4v) is 3.56. The number of aryl methyl sites for hydroxylation is 2. The van der Waals surface area contributed by atoms with E-state index in [0.29, 0.717) is 18.2 Å². The van der Waals surface area contributed by atoms with Gasteiger partial charge in [0.1, 0.15) is 0 Å². The van der Waals surface area contributed by atoms with Crippen molar-refractivity contribution >= 4 is 17.2 Å². The summed E-state index contributed by atoms with van der Waals surface area (Å²) in [6, 6.07) is 1.75. The van der Waals surface area contributed by atoms with Crippen LogP contribution in [-0.4, -0.2) is 34.0 Å². The van der Waals surface area contributed by atoms with Gasteiger partial charge in [-0.1, -0.05) is 12.1 Å². The Morgan fingerprint density at radius 1 is 1.57 bits per heavy atom. The number of likely N-dealkylation sites (tertiary alicyclic amines) is 1. The molecule has 2 aromatic rings. The van der Waals surface area contributed by atoms with Crippen molar-refractivity contribution in [2.45, 2.75) is 39.0 Å². The zero-order valence-electron chi connectivity index (χ0n) is 12.3. The van der Waals surface area contributed by atoms with Crippen molar-refractivity contribution in [3.63, 3.8) is 0 Å². The molecule has 6 heteroatoms. The van der Waals surface area contributed by atoms with Crippen molar-refractivity contribution in [3.05, 3.63) is 33.6 Å². The number of aromatic nitrogens is 2. The van der Waals surface area contributed by atoms with E-state index in [1.807, 2.05) is 18.0 Å². The molecule has 0 aliphatic carbocycles. The van der Waals surface area contributed by atoms with Gasteiger partial charge in [0.25, 0.3) is 5.91 Å². The summed E-state index contributed by atoms with van der Waals surface area (Å²) in [7, 11) is 0. The zero-order valence-corrected chi connectivity index (χ0v) is 13.2. The number of hydrogen-bond acceptors (Lipinski definition) is 5. The van der Waals surface area contributed by atoms with E-state index in [-0.39, 0.29) is 5.91 Å². The first-order chi connectivity index (χ1) is 10.2. The molecule has 1 atom stereocenters. The Kier molecular flexibility index (Phi) is 4.05. The van der Waals surface area contributed by atoms with Gasteiger partial charge < -0.3 is 9.42 Å². The van der Waals surface area contributed by atoms with Crippen LogP contribution in [-0.2, 0) is 6.42 Å². The zero-order chi connectivity index (χ0) is 14.8. The van der Waals surface area contributed by atoms with Crippen molar-refractivity contribution in [1.29, 1.82) is 0 Å². The fourth-order valence-electron chi connectivity index (χ4n) is 2.66. The van der Waals surface area contributed by atoms with Crippen LogP contribution in [0, 0.1) is 6.92 Å². The molecule has 5 nitrogen and oxygen atoms in total. The molecule has 3 heterocycles. The van der Waals surface area contributed by atoms with Gasteiger partial charge in [0.05, 0.1) is 10.7 Å². The maximum atomic E-state index is 12.5. The highest BCUT2D eigenvalue weighted by Crippen LogP contribution is 2.30. The molecule has 1 amide bonds. The molecule has 0 unspecified atom stereocenters. The van der Waals surface area contributed by atoms with Gasteiger partial charge in [-0.25, -0.2) is 4.98 Å². The third-order valence-corrected chi connectivity index (χ3v) is 4.90. The average Bonchev–Trinajstić information content (AvgIpc) is 3.15. The minimum atomic E-state index is -0.0554. The van der Waals surface area contributed by atoms with Crippen molar-refractivity contribution in [2.24, 2.45) is 0 Å². The normalized spacial score (nSPS) is 19.0. The molecule has 112 valence electrons. The van der Waals surface area contributed by atoms with Crippen LogP contribution >= 0.6 is 11.3 Å². The lowest BCUT2D eigenvalue weighted by Gasteiger charge is -2.31. The van der Waals surface area contributed by atoms with Gasteiger partial charge in [-0.05, 0) is 26.2 Å². The Balaban J connectivity index is 1.72. The third-order valence-electron chi connectivity index (χ3n) is 3.83. The van der Waals surface area contributed by atoms with Crippen LogP contribution in [0.1, 0.15) is 51.8 Å². The van der Waals surface area contributed by atoms with Crippen LogP contribution in [0.4, 0.5) is 0 Å². The van der Waals surface area contributed by atoms with E-state index in [9.17, 15) is 4.79 Å². The number of carbonyl (C=O) groups excluding carboxylic acids is 1. The van der Waals surface area contributed by atoms with Crippen LogP contribution in [0.3, 0.4) is 0 Å². The molecular formula is C15H19N3O2S. The van der Waals surface area contributed by atoms with Crippen LogP contribution in [0.5, 0.6) is 0 Å². The van der Waals surface area contributed by atoms with Crippen molar-refractivity contribution in [1.82, 2.24) is 15.0 Å². The second-order valence-electron chi connectivity index (χ2n) is 5.44. The quantitative estimate of drug-likeness (QED) is 0.874. The molecule has 3 rings (SSSR count). The SMILES string of the molecule is CCc1cc(C(=O)N2CCC[C@H](c3ncc(C)s3)C2)on1. The lowest BCUT2D eigenvalue weighted by atomic mass is 9.98. The highest BCUT2D eigenvalue weighted by molar-refractivity contribution is 7.11. The highest BCUT2D eigenvalue weighted by atomic mass is 32.1. The van der Waals surface area contributed by atoms with Crippen molar-refractivity contribution < 1.29 is 9.32 Å². The van der Waals surface area contributed by atoms with Gasteiger partial charge in [0.2, 0.25) is 5.76 Å². The molecule has 1 saturated heterocycles. The van der Waals surface area contributed by atoms with Crippen molar-refractivity contribution in [3.8, 4) is 0 Å². The Morgan fingerprint density at radius 3 is 3.10 bits per heavy atom. The van der Waals surface area contributed by atoms with E-state index in [2.05, 4.69) is 17.1 Å². The number of hydrogen-bond donors (Lipinski definition) is 0. The van der Waals surface area contributed by atoms with E-state index >= 15 is 0 Å². The van der Waals surface area contributed by atoms with Gasteiger partial charge in [-0.2, -0.15) is 0 Å². The van der Waals surface area contributed by atoms with Gasteiger partial charge in [-0.3, -0.25) is 4.79 Å². The molecule has 0 bridgehead atoms. The number of thiazole rings is 1. The van der Waals surface area contributed by atoms with Crippen LogP contribution < -0.4 is 0 Å². The molecule has 21 heavy (non-hydrogen) atoms. The topological polar surface area (TPSA) is 59.2 Å². The summed E-state index contributed by atoms with van der Waals surface area (Å²) >= 11 is 1.73. The van der Waals surface area contributed by atoms with Crippen molar-refractivity contribution in [2.75, 3.05) is 13.1 Å². The maximum Gasteiger partial charge on any atom is 0.292 e. The highest BCUT2D eigenvalue weighted by Gasteiger charge is 2.28. The summed E-state index contributed by atoms with van der Waals surface area (Å²) in [4.78, 5) is 20.0. The molecule has 2 aromatic heterocycles. The number of carbonyl (C=O) groups is 1. The smallest absolute Gasteiger partial charge is 0.292 e. The Hall–Kier alpha value is -1.69. The standard InChI is InChI=1S/C15H19N3O2S/c1-3-12-7-13(20-17-12)15(19)18-6-4-5-11(9-18)14-16-8-10(2)21-14/h7-8,11H,3-6,9H2,1-2H3/t11-/m0/s1. The van der Waals surface area contributed by atoms with E-state index in [4.69, 9.17) is 4.52 Å². The van der Waals surface area contributed by atoms with E-state index in [0.717, 1.165) is 36.5 Å². The Bertz CT molecular complexity index is 634. The Labute approximate surface area is 128 Å². The first-order valence-electron chi connectivity index (χ1n) is 7.34. The van der Waals surface area contributed by atoms with Gasteiger partial charge >= 0.3 is 0 Å². The first kappa shape index (κ1) is 14.3. The predicted molar refractivity (Wildman–Crippen MR) is 80.6 cm³/mol. The number of piperidine rings is 1. The summed E-state index contributed by atoms with van der Waals surface area (Å²) in [6.07, 6.45) is 4.78. The van der Waals surface area contributed by atoms with Gasteiger partial charge in [0.15, 0.2) is 0 Å². The fraction of sp³-hybridized carbons (Fsp3) is 0.533. The molecular weight excluding hydrogens is 286 g/mol. The summed E-state index contributed by atoms with van der Waals surface area (Å²) in [5.74, 6) is 0.637. The van der Waals surface area contributed by atoms with Crippen LogP contribution in [0.25, 0.3) is 0 Å². The minimum absolute atomic E-state index is 0.0554. The number of nitrogens with zero attached hydrogens (tertiary/aromatic N) is 3. The molecule has 0 aromatic carbocycles. The molecule has 1 aliphatic heterocycles. The summed E-state index contributed by atoms with van der Waals surface area (Å²) < 4.78 is 5.16. The number of amides is 1. The average molecular weight is 305 g/mol. The maximum absolute atomic E-state index is 12.5. The molecule has 1 fully saturated rings. The molecule has 0 saturated carbocycles. The van der Waals surface area contributed by atoms with Gasteiger partial charge in [0, 0.05) is 36.1 Å². The monoisotopic (exact) mass is 305 g/mol. The summed E-state index contributed by atoms with van der Waals surface area (Å²) in [5, 5.41) is 5.03. The lowest BCUT2D eigenvalue weighted by molar-refractivity contribution is 0.0665. The van der Waals surface area contributed by atoms with Gasteiger partial charge in [-0.15, -0.1) is 11.3 Å². The Morgan fingerprint density at radius 2 is 2.43 bits per heavy atom. The summed E-state index contributed by atoms with van der Waals surface area (Å²) in [5.41, 5.74) is 0.822. The molecule has 0 radical (unpaired) electrons. The number of rotatable bonds is 3. The second-order valence-corrected chi connectivity index (χ2v) is 6.70. The predicted octanol–water partition coefficient (Wildman–Crippen LogP) is 3.02. The largest absolute Gasteiger partial charge is 0.351 e. The second kappa shape index (κ2) is 5.97.